The molecule has 3 aliphatic carbocycles. The number of nitrogen functional groups attached to an aromatic ring is 1. The number of imidazole rings is 1. The Bertz CT molecular complexity index is 4140. The van der Waals surface area contributed by atoms with Gasteiger partial charge in [-0.1, -0.05) is 85.4 Å². The minimum absolute atomic E-state index is 0.0124. The van der Waals surface area contributed by atoms with Crippen LogP contribution in [0.4, 0.5) is 5.95 Å². The Morgan fingerprint density at radius 3 is 2.28 bits per heavy atom. The molecule has 5 heterocycles. The van der Waals surface area contributed by atoms with Gasteiger partial charge in [-0.05, 0) is 103 Å². The summed E-state index contributed by atoms with van der Waals surface area (Å²) in [6, 6.07) is 23.6. The van der Waals surface area contributed by atoms with E-state index >= 15 is 9.59 Å². The Morgan fingerprint density at radius 2 is 1.62 bits per heavy atom. The number of methoxy groups -OCH3 is 2. The molecule has 3 aromatic heterocycles. The lowest BCUT2D eigenvalue weighted by Gasteiger charge is -2.67. The van der Waals surface area contributed by atoms with Gasteiger partial charge in [-0.2, -0.15) is 4.98 Å². The van der Waals surface area contributed by atoms with Crippen molar-refractivity contribution in [1.82, 2.24) is 34.7 Å². The van der Waals surface area contributed by atoms with Gasteiger partial charge in [0.15, 0.2) is 40.0 Å². The van der Waals surface area contributed by atoms with Crippen molar-refractivity contribution >= 4 is 74.3 Å². The summed E-state index contributed by atoms with van der Waals surface area (Å²) in [6.07, 6.45) is -11.6. The largest absolute Gasteiger partial charge is 0.472 e. The van der Waals surface area contributed by atoms with Gasteiger partial charge in [-0.25, -0.2) is 14.6 Å². The molecular weight excluding hydrogens is 1310 g/mol. The molecule has 0 radical (unpaired) electrons. The van der Waals surface area contributed by atoms with Crippen LogP contribution in [0.5, 0.6) is 0 Å². The number of anilines is 1. The molecule has 98 heavy (non-hydrogen) atoms. The lowest BCUT2D eigenvalue weighted by molar-refractivity contribution is -0.346. The quantitative estimate of drug-likeness (QED) is 0.0189. The second-order valence-electron chi connectivity index (χ2n) is 26.6. The van der Waals surface area contributed by atoms with Crippen LogP contribution in [0.3, 0.4) is 0 Å². The Balaban J connectivity index is 0.941. The number of rotatable bonds is 22. The smallest absolute Gasteiger partial charge is 0.348 e. The van der Waals surface area contributed by atoms with Gasteiger partial charge < -0.3 is 68.2 Å². The Morgan fingerprint density at radius 1 is 0.929 bits per heavy atom. The molecule has 2 bridgehead atoms. The summed E-state index contributed by atoms with van der Waals surface area (Å²) in [5.41, 5.74) is -2.16. The molecule has 2 saturated carbocycles. The van der Waals surface area contributed by atoms with Gasteiger partial charge in [-0.3, -0.25) is 33.5 Å². The van der Waals surface area contributed by atoms with Crippen molar-refractivity contribution < 1.29 is 91.2 Å². The van der Waals surface area contributed by atoms with Crippen molar-refractivity contribution in [2.75, 3.05) is 33.2 Å². The second-order valence-corrected chi connectivity index (χ2v) is 28.9. The van der Waals surface area contributed by atoms with E-state index in [2.05, 4.69) is 31.8 Å². The van der Waals surface area contributed by atoms with Gasteiger partial charge in [0.1, 0.15) is 47.4 Å². The van der Waals surface area contributed by atoms with Crippen molar-refractivity contribution in [3.05, 3.63) is 142 Å². The van der Waals surface area contributed by atoms with E-state index in [0.29, 0.717) is 21.7 Å². The van der Waals surface area contributed by atoms with Crippen LogP contribution < -0.4 is 16.1 Å². The van der Waals surface area contributed by atoms with Crippen LogP contribution in [0.2, 0.25) is 0 Å². The number of aromatic amines is 1. The molecule has 30 heteroatoms. The van der Waals surface area contributed by atoms with Crippen LogP contribution >= 0.6 is 21.6 Å². The molecule has 28 nitrogen and oxygen atoms in total. The van der Waals surface area contributed by atoms with E-state index in [4.69, 9.17) is 57.9 Å². The number of benzene rings is 3. The predicted octanol–water partition coefficient (Wildman–Crippen LogP) is 6.35. The number of Topliss-reactive ketones (excluding diaryl/α,β-unsaturated/α-hetero) is 1. The standard InChI is InChI=1S/C68H78N8O20S2/c1-34-43(29-68(85)57(93-61(83)39-23-17-14-18-24-39)55-66(10,46(79)28-47-67(55,32-88-47)94-36(3)78)56(81)53(89-35(2)77)49(34)65(68,8)9)92-62(84)51(41(38-21-15-13-16-22-38)27-48(80)95-64(5,6)7)90-37(4)97-98-45-26-20-19-25-40(45)42-30-76(74-73-42)96-54-52(87-12)44(31-86-11)91-60(54)75-33-70-50-58(75)71-63(69)72-59(50)82/h13-26,30,33,41,43-44,46-47,51-55,57,60,79,85H,4,27-29,31-32H2,1-3,5-12H3,(H3,69,71,72,82)/t41-,43-,44?,46-,47+,51+,52?,53+,54?,55?,57?,60?,66+,67-,68+/m0/s1. The number of H-pyrrole nitrogens is 1. The molecule has 5 N–H and O–H groups in total. The number of hydrogen-bond acceptors (Lipinski definition) is 27. The highest BCUT2D eigenvalue weighted by molar-refractivity contribution is 8.78. The van der Waals surface area contributed by atoms with E-state index in [9.17, 15) is 34.2 Å². The lowest BCUT2D eigenvalue weighted by atomic mass is 9.44. The van der Waals surface area contributed by atoms with Crippen LogP contribution in [0, 0.1) is 16.7 Å². The number of nitrogens with two attached hydrogens (primary N) is 1. The van der Waals surface area contributed by atoms with Crippen molar-refractivity contribution in [3.8, 4) is 11.3 Å². The monoisotopic (exact) mass is 1390 g/mol. The zero-order valence-electron chi connectivity index (χ0n) is 55.7. The summed E-state index contributed by atoms with van der Waals surface area (Å²) in [4.78, 5) is 120. The van der Waals surface area contributed by atoms with E-state index in [1.54, 1.807) is 114 Å². The summed E-state index contributed by atoms with van der Waals surface area (Å²) < 4.78 is 63.3. The summed E-state index contributed by atoms with van der Waals surface area (Å²) in [7, 11) is 5.17. The number of aliphatic hydroxyl groups excluding tert-OH is 1. The second kappa shape index (κ2) is 27.7. The topological polar surface area (TPSA) is 365 Å². The minimum Gasteiger partial charge on any atom is -0.472 e. The molecular formula is C68H78N8O20S2. The Labute approximate surface area is 570 Å². The highest BCUT2D eigenvalue weighted by atomic mass is 33.1. The minimum atomic E-state index is -2.49. The van der Waals surface area contributed by atoms with Crippen LogP contribution in [0.25, 0.3) is 22.4 Å². The fourth-order valence-electron chi connectivity index (χ4n) is 14.5. The first-order chi connectivity index (χ1) is 46.4. The molecule has 0 amide bonds. The van der Waals surface area contributed by atoms with E-state index in [1.165, 1.54) is 61.2 Å². The molecule has 5 aliphatic rings. The first-order valence-corrected chi connectivity index (χ1v) is 33.8. The molecule has 4 fully saturated rings. The number of carbonyl (C=O) groups is 6. The van der Waals surface area contributed by atoms with E-state index in [0.717, 1.165) is 29.5 Å². The van der Waals surface area contributed by atoms with Gasteiger partial charge in [0, 0.05) is 62.7 Å². The fourth-order valence-corrected chi connectivity index (χ4v) is 16.3. The van der Waals surface area contributed by atoms with Crippen molar-refractivity contribution in [1.29, 1.82) is 0 Å². The number of carbonyl (C=O) groups excluding carboxylic acids is 6. The SMILES string of the molecule is C=C(O[C@@H](C(=O)O[C@H]1C[C@@]2(O)C(OC(=O)c3ccccc3)C3[C@](C)(C(=O)[C@H](OC(C)=O)C(=C1C)C2(C)C)[C@@H](O)C[C@H]1OC[C@@]31OC(C)=O)[C@@H](CC(=O)OC(C)(C)C)c1ccccc1)SSc1ccccc1-c1cn(OC2C(OC)C(COC)OC2n2cnc3c(=O)[nH]c(N)nc32)nn1. The van der Waals surface area contributed by atoms with E-state index < -0.39 is 155 Å². The van der Waals surface area contributed by atoms with Gasteiger partial charge >= 0.3 is 29.8 Å². The van der Waals surface area contributed by atoms with Crippen molar-refractivity contribution in [2.24, 2.45) is 16.7 Å². The van der Waals surface area contributed by atoms with Crippen LogP contribution in [-0.4, -0.2) is 180 Å². The number of nitrogens with zero attached hydrogens (tertiary/aromatic N) is 6. The number of aliphatic hydroxyl groups is 2. The first kappa shape index (κ1) is 70.8. The number of fused-ring (bicyclic) bond motifs is 6. The first-order valence-electron chi connectivity index (χ1n) is 31.6. The van der Waals surface area contributed by atoms with Gasteiger partial charge in [0.25, 0.3) is 5.56 Å². The van der Waals surface area contributed by atoms with Crippen LogP contribution in [0.15, 0.2) is 130 Å². The van der Waals surface area contributed by atoms with Crippen molar-refractivity contribution in [3.63, 3.8) is 0 Å². The van der Waals surface area contributed by atoms with Gasteiger partial charge in [0.05, 0.1) is 55.2 Å². The van der Waals surface area contributed by atoms with Gasteiger partial charge in [0.2, 0.25) is 18.2 Å². The summed E-state index contributed by atoms with van der Waals surface area (Å²) in [6.45, 7) is 17.4. The number of ketones is 1. The number of ether oxygens (including phenoxy) is 10. The zero-order chi connectivity index (χ0) is 70.6. The van der Waals surface area contributed by atoms with Crippen LogP contribution in [-0.2, 0) is 71.3 Å². The molecule has 11 rings (SSSR count). The average molecular weight is 1390 g/mol. The summed E-state index contributed by atoms with van der Waals surface area (Å²) in [5.74, 6) is -8.34. The predicted molar refractivity (Wildman–Crippen MR) is 351 cm³/mol. The molecule has 522 valence electrons. The number of hydrogen-bond donors (Lipinski definition) is 4. The maximum absolute atomic E-state index is 16.0. The van der Waals surface area contributed by atoms with E-state index in [1.807, 2.05) is 0 Å². The zero-order valence-corrected chi connectivity index (χ0v) is 57.4. The summed E-state index contributed by atoms with van der Waals surface area (Å²) in [5, 5.41) is 35.4. The average Bonchev–Trinajstić information content (AvgIpc) is 0.753. The van der Waals surface area contributed by atoms with Crippen LogP contribution in [0.1, 0.15) is 110 Å². The number of nitrogens with one attached hydrogen (secondary N) is 1. The molecule has 2 aliphatic heterocycles. The summed E-state index contributed by atoms with van der Waals surface area (Å²) >= 11 is 0. The number of esters is 5. The lowest BCUT2D eigenvalue weighted by Crippen LogP contribution is -2.82. The molecule has 15 atom stereocenters. The molecule has 0 spiro atoms. The molecule has 3 aromatic carbocycles. The molecule has 6 aromatic rings. The Kier molecular flexibility index (Phi) is 20.0. The molecule has 2 saturated heterocycles. The fraction of sp³-hybridized carbons (Fsp3) is 0.485. The van der Waals surface area contributed by atoms with Gasteiger partial charge in [-0.15, -0.1) is 5.10 Å². The highest BCUT2D eigenvalue weighted by Gasteiger charge is 2.78. The Hall–Kier alpha value is -8.49. The highest BCUT2D eigenvalue weighted by Crippen LogP contribution is 2.65. The van der Waals surface area contributed by atoms with E-state index in [-0.39, 0.29) is 58.5 Å². The maximum Gasteiger partial charge on any atom is 0.348 e. The third-order valence-electron chi connectivity index (χ3n) is 19.0. The maximum atomic E-state index is 16.0. The van der Waals surface area contributed by atoms with Crippen molar-refractivity contribution in [2.45, 2.75) is 170 Å². The normalized spacial score (nSPS) is 28.5. The molecule has 6 unspecified atom stereocenters. The number of aromatic nitrogens is 7. The third kappa shape index (κ3) is 13.2. The third-order valence-corrected chi connectivity index (χ3v) is 21.3.